The Morgan fingerprint density at radius 3 is 2.46 bits per heavy atom. The van der Waals surface area contributed by atoms with E-state index in [1.54, 1.807) is 0 Å². The Hall–Kier alpha value is -3.70. The maximum Gasteiger partial charge on any atom is 0.271 e. The van der Waals surface area contributed by atoms with Crippen molar-refractivity contribution in [2.75, 3.05) is 19.0 Å². The lowest BCUT2D eigenvalue weighted by Crippen LogP contribution is -2.38. The number of aryl methyl sites for hydroxylation is 2. The summed E-state index contributed by atoms with van der Waals surface area (Å²) in [5.41, 5.74) is 9.34. The van der Waals surface area contributed by atoms with Crippen LogP contribution in [0.4, 0.5) is 5.69 Å². The van der Waals surface area contributed by atoms with Crippen molar-refractivity contribution in [3.8, 4) is 0 Å². The molecule has 0 saturated heterocycles. The smallest absolute Gasteiger partial charge is 0.271 e. The van der Waals surface area contributed by atoms with Crippen LogP contribution in [0.3, 0.4) is 0 Å². The van der Waals surface area contributed by atoms with Gasteiger partial charge in [0.2, 0.25) is 0 Å². The van der Waals surface area contributed by atoms with E-state index in [2.05, 4.69) is 84.6 Å². The first-order chi connectivity index (χ1) is 17.0. The van der Waals surface area contributed by atoms with Gasteiger partial charge in [-0.2, -0.15) is 0 Å². The summed E-state index contributed by atoms with van der Waals surface area (Å²) in [6, 6.07) is 25.3. The molecule has 0 amide bonds. The standard InChI is InChI=1S/C30H27N3OS/c1-19-8-12-22(13-9-19)28-25-17-14-21-6-4-5-7-24(21)27(25)31-30-33(28)29(34)26(35-30)18-20-10-15-23(16-11-20)32(2)3/h4-13,15-16,18,28H,14,17H2,1-3H3/b26-18+. The van der Waals surface area contributed by atoms with E-state index < -0.39 is 0 Å². The van der Waals surface area contributed by atoms with Gasteiger partial charge in [-0.1, -0.05) is 77.6 Å². The molecule has 1 atom stereocenters. The van der Waals surface area contributed by atoms with Crippen molar-refractivity contribution in [2.45, 2.75) is 25.8 Å². The lowest BCUT2D eigenvalue weighted by molar-refractivity contribution is 0.585. The third-order valence-corrected chi connectivity index (χ3v) is 7.96. The lowest BCUT2D eigenvalue weighted by atomic mass is 9.83. The van der Waals surface area contributed by atoms with Gasteiger partial charge in [0, 0.05) is 25.3 Å². The third-order valence-electron chi connectivity index (χ3n) is 6.97. The second-order valence-electron chi connectivity index (χ2n) is 9.51. The monoisotopic (exact) mass is 477 g/mol. The van der Waals surface area contributed by atoms with Crippen molar-refractivity contribution in [3.63, 3.8) is 0 Å². The number of benzene rings is 3. The average molecular weight is 478 g/mol. The van der Waals surface area contributed by atoms with Crippen molar-refractivity contribution in [1.82, 2.24) is 4.57 Å². The van der Waals surface area contributed by atoms with E-state index in [4.69, 9.17) is 4.99 Å². The number of rotatable bonds is 3. The van der Waals surface area contributed by atoms with E-state index in [-0.39, 0.29) is 11.6 Å². The van der Waals surface area contributed by atoms with Gasteiger partial charge in [0.1, 0.15) is 0 Å². The van der Waals surface area contributed by atoms with Crippen molar-refractivity contribution in [2.24, 2.45) is 4.99 Å². The molecule has 3 aromatic carbocycles. The van der Waals surface area contributed by atoms with Gasteiger partial charge < -0.3 is 4.90 Å². The minimum Gasteiger partial charge on any atom is -0.378 e. The van der Waals surface area contributed by atoms with Gasteiger partial charge in [-0.05, 0) is 60.2 Å². The molecular weight excluding hydrogens is 450 g/mol. The maximum absolute atomic E-state index is 13.8. The predicted octanol–water partition coefficient (Wildman–Crippen LogP) is 4.69. The van der Waals surface area contributed by atoms with E-state index in [1.807, 2.05) is 24.7 Å². The van der Waals surface area contributed by atoms with Gasteiger partial charge in [-0.25, -0.2) is 4.99 Å². The summed E-state index contributed by atoms with van der Waals surface area (Å²) in [5.74, 6) is 0. The molecular formula is C30H27N3OS. The number of fused-ring (bicyclic) bond motifs is 3. The molecule has 1 aromatic heterocycles. The summed E-state index contributed by atoms with van der Waals surface area (Å²) in [6.07, 6.45) is 3.87. The summed E-state index contributed by atoms with van der Waals surface area (Å²) in [4.78, 5) is 21.8. The molecule has 6 rings (SSSR count). The Kier molecular flexibility index (Phi) is 5.30. The molecule has 1 aliphatic heterocycles. The summed E-state index contributed by atoms with van der Waals surface area (Å²) in [7, 11) is 4.05. The highest BCUT2D eigenvalue weighted by atomic mass is 32.1. The molecule has 35 heavy (non-hydrogen) atoms. The minimum atomic E-state index is -0.131. The molecule has 0 N–H and O–H groups in total. The van der Waals surface area contributed by atoms with Crippen LogP contribution < -0.4 is 19.8 Å². The van der Waals surface area contributed by atoms with Crippen LogP contribution in [-0.4, -0.2) is 18.7 Å². The molecule has 5 heteroatoms. The Bertz CT molecular complexity index is 1640. The van der Waals surface area contributed by atoms with Crippen LogP contribution in [0.25, 0.3) is 11.8 Å². The average Bonchev–Trinajstić information content (AvgIpc) is 3.18. The molecule has 4 aromatic rings. The molecule has 4 nitrogen and oxygen atoms in total. The zero-order valence-electron chi connectivity index (χ0n) is 20.2. The second-order valence-corrected chi connectivity index (χ2v) is 10.5. The summed E-state index contributed by atoms with van der Waals surface area (Å²) >= 11 is 1.48. The van der Waals surface area contributed by atoms with E-state index in [9.17, 15) is 4.79 Å². The highest BCUT2D eigenvalue weighted by molar-refractivity contribution is 7.07. The Balaban J connectivity index is 1.57. The van der Waals surface area contributed by atoms with Gasteiger partial charge >= 0.3 is 0 Å². The highest BCUT2D eigenvalue weighted by Gasteiger charge is 2.32. The SMILES string of the molecule is Cc1ccc(C2C3=C(N=c4s/c(=C/c5ccc(N(C)C)cc5)c(=O)n42)c2ccccc2CC3)cc1. The zero-order chi connectivity index (χ0) is 24.1. The fraction of sp³-hybridized carbons (Fsp3) is 0.200. The molecule has 0 fully saturated rings. The first-order valence-electron chi connectivity index (χ1n) is 12.0. The van der Waals surface area contributed by atoms with E-state index in [1.165, 1.54) is 33.6 Å². The van der Waals surface area contributed by atoms with Crippen LogP contribution in [0, 0.1) is 6.92 Å². The van der Waals surface area contributed by atoms with Gasteiger partial charge in [0.05, 0.1) is 16.3 Å². The molecule has 0 saturated carbocycles. The fourth-order valence-electron chi connectivity index (χ4n) is 5.09. The number of hydrogen-bond donors (Lipinski definition) is 0. The molecule has 0 radical (unpaired) electrons. The summed E-state index contributed by atoms with van der Waals surface area (Å²) in [5, 5.41) is 0. The summed E-state index contributed by atoms with van der Waals surface area (Å²) in [6.45, 7) is 2.10. The van der Waals surface area contributed by atoms with Crippen molar-refractivity contribution in [1.29, 1.82) is 0 Å². The molecule has 1 unspecified atom stereocenters. The second kappa shape index (κ2) is 8.51. The van der Waals surface area contributed by atoms with Gasteiger partial charge in [-0.3, -0.25) is 9.36 Å². The van der Waals surface area contributed by atoms with E-state index in [0.717, 1.165) is 40.2 Å². The zero-order valence-corrected chi connectivity index (χ0v) is 21.0. The minimum absolute atomic E-state index is 0.0291. The number of thiazole rings is 1. The number of allylic oxidation sites excluding steroid dienone is 1. The predicted molar refractivity (Wildman–Crippen MR) is 145 cm³/mol. The van der Waals surface area contributed by atoms with Crippen LogP contribution >= 0.6 is 11.3 Å². The first-order valence-corrected chi connectivity index (χ1v) is 12.8. The topological polar surface area (TPSA) is 37.6 Å². The Morgan fingerprint density at radius 1 is 0.971 bits per heavy atom. The van der Waals surface area contributed by atoms with E-state index in [0.29, 0.717) is 4.53 Å². The number of hydrogen-bond acceptors (Lipinski definition) is 4. The van der Waals surface area contributed by atoms with Crippen LogP contribution in [-0.2, 0) is 6.42 Å². The van der Waals surface area contributed by atoms with Crippen LogP contribution in [0.2, 0.25) is 0 Å². The summed E-state index contributed by atoms with van der Waals surface area (Å²) < 4.78 is 2.63. The van der Waals surface area contributed by atoms with Gasteiger partial charge in [-0.15, -0.1) is 0 Å². The van der Waals surface area contributed by atoms with Gasteiger partial charge in [0.25, 0.3) is 5.56 Å². The molecule has 0 bridgehead atoms. The lowest BCUT2D eigenvalue weighted by Gasteiger charge is -2.30. The van der Waals surface area contributed by atoms with E-state index >= 15 is 0 Å². The third kappa shape index (κ3) is 3.76. The quantitative estimate of drug-likeness (QED) is 0.429. The number of nitrogens with zero attached hydrogens (tertiary/aromatic N) is 3. The first kappa shape index (κ1) is 21.8. The van der Waals surface area contributed by atoms with Crippen molar-refractivity contribution in [3.05, 3.63) is 126 Å². The molecule has 0 spiro atoms. The van der Waals surface area contributed by atoms with Gasteiger partial charge in [0.15, 0.2) is 4.80 Å². The van der Waals surface area contributed by atoms with Crippen LogP contribution in [0.15, 0.2) is 88.2 Å². The highest BCUT2D eigenvalue weighted by Crippen LogP contribution is 2.41. The number of anilines is 1. The number of aromatic nitrogens is 1. The van der Waals surface area contributed by atoms with Crippen molar-refractivity contribution < 1.29 is 0 Å². The van der Waals surface area contributed by atoms with Crippen LogP contribution in [0.1, 0.15) is 40.3 Å². The normalized spacial score (nSPS) is 16.9. The fourth-order valence-corrected chi connectivity index (χ4v) is 6.09. The van der Waals surface area contributed by atoms with Crippen LogP contribution in [0.5, 0.6) is 0 Å². The molecule has 2 aliphatic rings. The van der Waals surface area contributed by atoms with Crippen molar-refractivity contribution >= 4 is 28.8 Å². The molecule has 2 heterocycles. The maximum atomic E-state index is 13.8. The largest absolute Gasteiger partial charge is 0.378 e. The Labute approximate surface area is 208 Å². The Morgan fingerprint density at radius 2 is 1.71 bits per heavy atom. The molecule has 174 valence electrons. The molecule has 1 aliphatic carbocycles.